The van der Waals surface area contributed by atoms with Crippen molar-refractivity contribution in [1.82, 2.24) is 0 Å². The van der Waals surface area contributed by atoms with Crippen LogP contribution in [0.25, 0.3) is 0 Å². The summed E-state index contributed by atoms with van der Waals surface area (Å²) in [4.78, 5) is 12.2. The van der Waals surface area contributed by atoms with E-state index in [0.29, 0.717) is 12.8 Å². The monoisotopic (exact) mass is 812 g/mol. The topological polar surface area (TPSA) is 234 Å². The fourth-order valence-corrected chi connectivity index (χ4v) is 15.0. The van der Waals surface area contributed by atoms with E-state index in [1.165, 1.54) is 6.92 Å². The minimum atomic E-state index is -1.90. The Morgan fingerprint density at radius 3 is 2.07 bits per heavy atom. The minimum absolute atomic E-state index is 0.00377. The third-order valence-corrected chi connectivity index (χ3v) is 17.6. The van der Waals surface area contributed by atoms with E-state index >= 15 is 0 Å². The molecule has 8 N–H and O–H groups in total. The summed E-state index contributed by atoms with van der Waals surface area (Å²) >= 11 is 0. The van der Waals surface area contributed by atoms with Crippen LogP contribution >= 0.6 is 0 Å². The first-order chi connectivity index (χ1) is 26.4. The molecule has 5 aliphatic carbocycles. The number of fused-ring (bicyclic) bond motifs is 4. The van der Waals surface area contributed by atoms with Gasteiger partial charge in [-0.25, -0.2) is 0 Å². The van der Waals surface area contributed by atoms with Gasteiger partial charge in [-0.15, -0.1) is 0 Å². The molecule has 57 heavy (non-hydrogen) atoms. The highest BCUT2D eigenvalue weighted by Gasteiger charge is 2.87. The Hall–Kier alpha value is -1.05. The van der Waals surface area contributed by atoms with Crippen LogP contribution in [0, 0.1) is 50.7 Å². The van der Waals surface area contributed by atoms with Gasteiger partial charge in [0.2, 0.25) is 0 Å². The molecule has 8 rings (SSSR count). The third kappa shape index (κ3) is 5.87. The fraction of sp³-hybridized carbons (Fsp3) is 0.976. The quantitative estimate of drug-likeness (QED) is 0.133. The van der Waals surface area contributed by atoms with E-state index in [2.05, 4.69) is 34.6 Å². The fourth-order valence-electron chi connectivity index (χ4n) is 15.0. The number of rotatable bonds is 7. The zero-order valence-electron chi connectivity index (χ0n) is 34.7. The van der Waals surface area contributed by atoms with Crippen LogP contribution in [0.3, 0.4) is 0 Å². The second kappa shape index (κ2) is 13.7. The molecular weight excluding hydrogens is 744 g/mol. The molecule has 8 aliphatic rings. The van der Waals surface area contributed by atoms with Crippen LogP contribution in [0.4, 0.5) is 0 Å². The summed E-state index contributed by atoms with van der Waals surface area (Å²) in [5.74, 6) is -2.53. The lowest BCUT2D eigenvalue weighted by atomic mass is 9.41. The van der Waals surface area contributed by atoms with Gasteiger partial charge in [-0.1, -0.05) is 34.6 Å². The van der Waals surface area contributed by atoms with E-state index in [4.69, 9.17) is 28.4 Å². The molecule has 0 aromatic heterocycles. The number of ether oxygens (including phenoxy) is 6. The molecule has 3 saturated heterocycles. The lowest BCUT2D eigenvalue weighted by Crippen LogP contribution is -2.62. The molecule has 2 spiro atoms. The number of esters is 1. The van der Waals surface area contributed by atoms with Crippen LogP contribution in [-0.2, 0) is 33.2 Å². The smallest absolute Gasteiger partial charge is 0.303 e. The lowest BCUT2D eigenvalue weighted by molar-refractivity contribution is -0.345. The first kappa shape index (κ1) is 42.6. The number of hydrogen-bond acceptors (Lipinski definition) is 15. The van der Waals surface area contributed by atoms with Gasteiger partial charge in [-0.05, 0) is 105 Å². The van der Waals surface area contributed by atoms with Gasteiger partial charge in [0.1, 0.15) is 48.8 Å². The number of hydrogen-bond donors (Lipinski definition) is 8. The maximum Gasteiger partial charge on any atom is 0.303 e. The first-order valence-corrected chi connectivity index (χ1v) is 21.3. The van der Waals surface area contributed by atoms with E-state index in [-0.39, 0.29) is 59.2 Å². The van der Waals surface area contributed by atoms with Crippen molar-refractivity contribution in [3.63, 3.8) is 0 Å². The molecule has 15 nitrogen and oxygen atoms in total. The van der Waals surface area contributed by atoms with Crippen molar-refractivity contribution < 1.29 is 74.1 Å². The van der Waals surface area contributed by atoms with Crippen molar-refractivity contribution in [3.8, 4) is 0 Å². The third-order valence-electron chi connectivity index (χ3n) is 17.6. The molecule has 8 fully saturated rings. The lowest BCUT2D eigenvalue weighted by Gasteiger charge is -2.63. The summed E-state index contributed by atoms with van der Waals surface area (Å²) in [5, 5.41) is 89.0. The van der Waals surface area contributed by atoms with E-state index in [9.17, 15) is 45.6 Å². The van der Waals surface area contributed by atoms with Crippen molar-refractivity contribution in [2.75, 3.05) is 13.2 Å². The number of aliphatic hydroxyl groups excluding tert-OH is 6. The summed E-state index contributed by atoms with van der Waals surface area (Å²) in [7, 11) is 0. The van der Waals surface area contributed by atoms with Gasteiger partial charge >= 0.3 is 5.97 Å². The van der Waals surface area contributed by atoms with E-state index in [0.717, 1.165) is 38.5 Å². The molecular formula is C42H68O15. The first-order valence-electron chi connectivity index (χ1n) is 21.3. The zero-order chi connectivity index (χ0) is 41.6. The SMILES string of the molecule is CC(=O)OC(C1CC(C)C2C(O)(O1)C(O)C1(C)C3CCC4C(C)(C)C(OC5OCC(O)C(OC6OCC(O)C(O)C6O)C5O)CCC45CC35CCC21C)C(C)(C)O. The maximum absolute atomic E-state index is 12.7. The largest absolute Gasteiger partial charge is 0.457 e. The highest BCUT2D eigenvalue weighted by atomic mass is 16.7. The van der Waals surface area contributed by atoms with Crippen LogP contribution in [0.15, 0.2) is 0 Å². The maximum atomic E-state index is 12.7. The molecule has 0 amide bonds. The van der Waals surface area contributed by atoms with E-state index in [1.54, 1.807) is 13.8 Å². The van der Waals surface area contributed by atoms with Crippen LogP contribution in [-0.4, -0.2) is 145 Å². The second-order valence-electron chi connectivity index (χ2n) is 21.2. The Labute approximate surface area is 335 Å². The van der Waals surface area contributed by atoms with Crippen LogP contribution in [0.5, 0.6) is 0 Å². The van der Waals surface area contributed by atoms with Gasteiger partial charge in [0.25, 0.3) is 0 Å². The molecule has 21 atom stereocenters. The van der Waals surface area contributed by atoms with Gasteiger partial charge in [0.05, 0.1) is 24.9 Å². The van der Waals surface area contributed by atoms with Gasteiger partial charge in [0, 0.05) is 18.3 Å². The number of carbonyl (C=O) groups excluding carboxylic acids is 1. The summed E-state index contributed by atoms with van der Waals surface area (Å²) in [6.45, 7) is 14.9. The van der Waals surface area contributed by atoms with Crippen molar-refractivity contribution in [2.45, 2.75) is 192 Å². The summed E-state index contributed by atoms with van der Waals surface area (Å²) < 4.78 is 35.9. The van der Waals surface area contributed by atoms with Crippen molar-refractivity contribution >= 4 is 5.97 Å². The average molecular weight is 813 g/mol. The van der Waals surface area contributed by atoms with Gasteiger partial charge in [0.15, 0.2) is 24.5 Å². The molecule has 21 unspecified atom stereocenters. The van der Waals surface area contributed by atoms with Crippen molar-refractivity contribution in [3.05, 3.63) is 0 Å². The van der Waals surface area contributed by atoms with E-state index in [1.807, 2.05) is 0 Å². The normalized spacial score (nSPS) is 56.0. The van der Waals surface area contributed by atoms with Crippen molar-refractivity contribution in [2.24, 2.45) is 50.7 Å². The standard InChI is InChI=1S/C42H68O15/c1-19-15-23(32(37(5,6)50)54-20(2)43)57-42(51)31(19)38(7)13-14-41-18-40(41)12-11-26(36(3,4)24(40)9-10-25(41)39(38,8)35(42)49)55-34-29(48)30(22(45)17-53-34)56-33-28(47)27(46)21(44)16-52-33/h19,21-35,44-51H,9-18H2,1-8H3. The van der Waals surface area contributed by atoms with Gasteiger partial charge in [-0.2, -0.15) is 0 Å². The second-order valence-corrected chi connectivity index (χ2v) is 21.2. The molecule has 0 aromatic rings. The van der Waals surface area contributed by atoms with Crippen molar-refractivity contribution in [1.29, 1.82) is 0 Å². The molecule has 15 heteroatoms. The Morgan fingerprint density at radius 1 is 0.807 bits per heavy atom. The molecule has 0 radical (unpaired) electrons. The highest BCUT2D eigenvalue weighted by molar-refractivity contribution is 5.66. The zero-order valence-corrected chi connectivity index (χ0v) is 34.7. The number of aliphatic hydroxyl groups is 8. The predicted molar refractivity (Wildman–Crippen MR) is 198 cm³/mol. The predicted octanol–water partition coefficient (Wildman–Crippen LogP) is 1.11. The van der Waals surface area contributed by atoms with Crippen LogP contribution < -0.4 is 0 Å². The summed E-state index contributed by atoms with van der Waals surface area (Å²) in [6, 6.07) is 0. The molecule has 3 aliphatic heterocycles. The molecule has 326 valence electrons. The van der Waals surface area contributed by atoms with Crippen LogP contribution in [0.2, 0.25) is 0 Å². The average Bonchev–Trinajstić information content (AvgIpc) is 3.76. The molecule has 0 bridgehead atoms. The molecule has 0 aromatic carbocycles. The summed E-state index contributed by atoms with van der Waals surface area (Å²) in [5.41, 5.74) is -2.97. The Morgan fingerprint density at radius 2 is 1.42 bits per heavy atom. The van der Waals surface area contributed by atoms with Gasteiger partial charge in [-0.3, -0.25) is 4.79 Å². The Bertz CT molecular complexity index is 1550. The molecule has 3 heterocycles. The Balaban J connectivity index is 1.01. The number of carbonyl (C=O) groups is 1. The highest BCUT2D eigenvalue weighted by Crippen LogP contribution is 2.89. The minimum Gasteiger partial charge on any atom is -0.457 e. The van der Waals surface area contributed by atoms with Gasteiger partial charge < -0.3 is 69.3 Å². The van der Waals surface area contributed by atoms with E-state index < -0.39 is 95.7 Å². The Kier molecular flexibility index (Phi) is 10.3. The molecule has 5 saturated carbocycles. The summed E-state index contributed by atoms with van der Waals surface area (Å²) in [6.07, 6.45) is -7.62. The van der Waals surface area contributed by atoms with Crippen LogP contribution in [0.1, 0.15) is 107 Å².